The number of aromatic nitrogens is 1. The van der Waals surface area contributed by atoms with Crippen LogP contribution in [0.15, 0.2) is 35.4 Å². The third kappa shape index (κ3) is 3.66. The third-order valence-corrected chi connectivity index (χ3v) is 5.92. The largest absolute Gasteiger partial charge is 0.375 e. The predicted octanol–water partition coefficient (Wildman–Crippen LogP) is 2.00. The summed E-state index contributed by atoms with van der Waals surface area (Å²) in [6.45, 7) is 4.13. The van der Waals surface area contributed by atoms with Crippen LogP contribution in [0.2, 0.25) is 0 Å². The van der Waals surface area contributed by atoms with Crippen LogP contribution in [0.5, 0.6) is 0 Å². The number of rotatable bonds is 4. The van der Waals surface area contributed by atoms with E-state index < -0.39 is 9.84 Å². The van der Waals surface area contributed by atoms with E-state index in [0.717, 1.165) is 24.5 Å². The van der Waals surface area contributed by atoms with Crippen molar-refractivity contribution in [3.05, 3.63) is 40.9 Å². The van der Waals surface area contributed by atoms with Crippen LogP contribution >= 0.6 is 11.3 Å². The van der Waals surface area contributed by atoms with Gasteiger partial charge in [-0.05, 0) is 19.1 Å². The van der Waals surface area contributed by atoms with Crippen LogP contribution in [-0.4, -0.2) is 51.2 Å². The highest BCUT2D eigenvalue weighted by atomic mass is 32.2. The maximum absolute atomic E-state index is 12.6. The molecule has 1 aromatic heterocycles. The Hall–Kier alpha value is -1.77. The highest BCUT2D eigenvalue weighted by molar-refractivity contribution is 7.90. The smallest absolute Gasteiger partial charge is 0.204 e. The summed E-state index contributed by atoms with van der Waals surface area (Å²) in [6, 6.07) is 6.09. The number of hydrogen-bond acceptors (Lipinski definition) is 7. The molecule has 0 radical (unpaired) electrons. The van der Waals surface area contributed by atoms with E-state index in [2.05, 4.69) is 9.88 Å². The van der Waals surface area contributed by atoms with Crippen molar-refractivity contribution in [3.63, 3.8) is 0 Å². The van der Waals surface area contributed by atoms with Crippen molar-refractivity contribution >= 4 is 32.1 Å². The molecule has 0 saturated carbocycles. The molecular formula is C16H18N2O4S2. The number of carbonyl (C=O) groups is 1. The van der Waals surface area contributed by atoms with E-state index in [0.29, 0.717) is 17.0 Å². The number of morpholine rings is 1. The van der Waals surface area contributed by atoms with E-state index in [4.69, 9.17) is 4.74 Å². The van der Waals surface area contributed by atoms with Gasteiger partial charge in [0.05, 0.1) is 28.7 Å². The molecule has 8 heteroatoms. The summed E-state index contributed by atoms with van der Waals surface area (Å²) in [5.74, 6) is -0.217. The van der Waals surface area contributed by atoms with Crippen molar-refractivity contribution in [2.45, 2.75) is 17.9 Å². The van der Waals surface area contributed by atoms with Gasteiger partial charge < -0.3 is 9.64 Å². The highest BCUT2D eigenvalue weighted by Gasteiger charge is 2.22. The Morgan fingerprint density at radius 3 is 2.92 bits per heavy atom. The Kier molecular flexibility index (Phi) is 4.71. The number of ketones is 1. The molecule has 3 rings (SSSR count). The lowest BCUT2D eigenvalue weighted by Gasteiger charge is -2.30. The summed E-state index contributed by atoms with van der Waals surface area (Å²) in [7, 11) is -3.35. The first-order valence-electron chi connectivity index (χ1n) is 7.52. The predicted molar refractivity (Wildman–Crippen MR) is 92.7 cm³/mol. The van der Waals surface area contributed by atoms with Crippen molar-refractivity contribution in [1.29, 1.82) is 0 Å². The van der Waals surface area contributed by atoms with Gasteiger partial charge in [0.15, 0.2) is 15.0 Å². The lowest BCUT2D eigenvalue weighted by atomic mass is 10.1. The Labute approximate surface area is 145 Å². The van der Waals surface area contributed by atoms with Gasteiger partial charge in [-0.15, -0.1) is 0 Å². The average Bonchev–Trinajstić information content (AvgIpc) is 3.03. The Balaban J connectivity index is 1.84. The first kappa shape index (κ1) is 17.1. The second kappa shape index (κ2) is 6.62. The summed E-state index contributed by atoms with van der Waals surface area (Å²) in [6.07, 6.45) is 2.81. The standard InChI is InChI=1S/C16H18N2O4S2/c1-11-10-18(6-7-22-11)16-17-9-14(23-16)15(19)12-4-3-5-13(8-12)24(2,20)21/h3-5,8-9,11H,6-7,10H2,1-2H3/t11-/m0/s1. The molecule has 0 aliphatic carbocycles. The first-order valence-corrected chi connectivity index (χ1v) is 10.2. The highest BCUT2D eigenvalue weighted by Crippen LogP contribution is 2.26. The van der Waals surface area contributed by atoms with Crippen molar-refractivity contribution in [3.8, 4) is 0 Å². The normalized spacial score (nSPS) is 18.6. The molecule has 1 aromatic carbocycles. The van der Waals surface area contributed by atoms with Crippen molar-refractivity contribution in [2.24, 2.45) is 0 Å². The van der Waals surface area contributed by atoms with Crippen LogP contribution in [0.1, 0.15) is 22.2 Å². The van der Waals surface area contributed by atoms with Gasteiger partial charge in [-0.3, -0.25) is 4.79 Å². The third-order valence-electron chi connectivity index (χ3n) is 3.75. The molecule has 1 atom stereocenters. The number of anilines is 1. The van der Waals surface area contributed by atoms with E-state index in [-0.39, 0.29) is 16.8 Å². The number of carbonyl (C=O) groups excluding carboxylic acids is 1. The lowest BCUT2D eigenvalue weighted by Crippen LogP contribution is -2.41. The molecule has 1 fully saturated rings. The fourth-order valence-corrected chi connectivity index (χ4v) is 4.10. The number of benzene rings is 1. The summed E-state index contributed by atoms with van der Waals surface area (Å²) < 4.78 is 28.8. The van der Waals surface area contributed by atoms with Gasteiger partial charge in [0.2, 0.25) is 5.78 Å². The zero-order valence-corrected chi connectivity index (χ0v) is 15.1. The van der Waals surface area contributed by atoms with Crippen LogP contribution in [0.3, 0.4) is 0 Å². The van der Waals surface area contributed by atoms with Gasteiger partial charge in [0.1, 0.15) is 0 Å². The molecule has 0 spiro atoms. The number of thiazole rings is 1. The molecule has 24 heavy (non-hydrogen) atoms. The summed E-state index contributed by atoms with van der Waals surface area (Å²) in [5, 5.41) is 0.785. The minimum Gasteiger partial charge on any atom is -0.375 e. The molecule has 2 heterocycles. The molecule has 0 bridgehead atoms. The van der Waals surface area contributed by atoms with Gasteiger partial charge in [-0.2, -0.15) is 0 Å². The molecule has 2 aromatic rings. The van der Waals surface area contributed by atoms with Crippen LogP contribution in [0.25, 0.3) is 0 Å². The Bertz CT molecular complexity index is 860. The SMILES string of the molecule is C[C@H]1CN(c2ncc(C(=O)c3cccc(S(C)(=O)=O)c3)s2)CCO1. The van der Waals surface area contributed by atoms with Gasteiger partial charge in [0.25, 0.3) is 0 Å². The van der Waals surface area contributed by atoms with Crippen molar-refractivity contribution in [2.75, 3.05) is 30.9 Å². The summed E-state index contributed by atoms with van der Waals surface area (Å²) in [5.41, 5.74) is 0.350. The Morgan fingerprint density at radius 2 is 2.21 bits per heavy atom. The molecule has 0 unspecified atom stereocenters. The van der Waals surface area contributed by atoms with Gasteiger partial charge in [0, 0.05) is 24.9 Å². The zero-order chi connectivity index (χ0) is 17.3. The summed E-state index contributed by atoms with van der Waals surface area (Å²) in [4.78, 5) is 19.7. The number of nitrogens with zero attached hydrogens (tertiary/aromatic N) is 2. The number of ether oxygens (including phenoxy) is 1. The zero-order valence-electron chi connectivity index (χ0n) is 13.4. The molecule has 0 N–H and O–H groups in total. The molecule has 0 amide bonds. The van der Waals surface area contributed by atoms with E-state index in [1.54, 1.807) is 18.3 Å². The van der Waals surface area contributed by atoms with Crippen LogP contribution in [0, 0.1) is 0 Å². The maximum atomic E-state index is 12.6. The van der Waals surface area contributed by atoms with Gasteiger partial charge in [-0.25, -0.2) is 13.4 Å². The molecular weight excluding hydrogens is 348 g/mol. The Morgan fingerprint density at radius 1 is 1.42 bits per heavy atom. The molecule has 1 aliphatic heterocycles. The van der Waals surface area contributed by atoms with Crippen LogP contribution < -0.4 is 4.90 Å². The van der Waals surface area contributed by atoms with E-state index in [1.165, 1.54) is 23.5 Å². The molecule has 1 aliphatic rings. The quantitative estimate of drug-likeness (QED) is 0.771. The van der Waals surface area contributed by atoms with Gasteiger partial charge >= 0.3 is 0 Å². The molecule has 1 saturated heterocycles. The topological polar surface area (TPSA) is 76.6 Å². The van der Waals surface area contributed by atoms with E-state index in [9.17, 15) is 13.2 Å². The fraction of sp³-hybridized carbons (Fsp3) is 0.375. The van der Waals surface area contributed by atoms with Crippen molar-refractivity contribution < 1.29 is 17.9 Å². The maximum Gasteiger partial charge on any atom is 0.204 e. The molecule has 128 valence electrons. The molecule has 6 nitrogen and oxygen atoms in total. The monoisotopic (exact) mass is 366 g/mol. The summed E-state index contributed by atoms with van der Waals surface area (Å²) >= 11 is 1.32. The number of hydrogen-bond donors (Lipinski definition) is 0. The van der Waals surface area contributed by atoms with Crippen molar-refractivity contribution in [1.82, 2.24) is 4.98 Å². The van der Waals surface area contributed by atoms with Crippen LogP contribution in [0.4, 0.5) is 5.13 Å². The lowest BCUT2D eigenvalue weighted by molar-refractivity contribution is 0.0532. The fourth-order valence-electron chi connectivity index (χ4n) is 2.52. The second-order valence-electron chi connectivity index (χ2n) is 5.76. The minimum absolute atomic E-state index is 0.133. The van der Waals surface area contributed by atoms with Gasteiger partial charge in [-0.1, -0.05) is 23.5 Å². The average molecular weight is 366 g/mol. The number of sulfone groups is 1. The second-order valence-corrected chi connectivity index (χ2v) is 8.79. The minimum atomic E-state index is -3.35. The van der Waals surface area contributed by atoms with Crippen LogP contribution in [-0.2, 0) is 14.6 Å². The first-order chi connectivity index (χ1) is 11.3. The van der Waals surface area contributed by atoms with E-state index in [1.807, 2.05) is 6.92 Å². The van der Waals surface area contributed by atoms with E-state index >= 15 is 0 Å².